The highest BCUT2D eigenvalue weighted by Crippen LogP contribution is 2.24. The molecule has 0 heterocycles. The molecule has 1 saturated carbocycles. The number of carbonyl (C=O) groups is 1. The zero-order valence-electron chi connectivity index (χ0n) is 13.4. The van der Waals surface area contributed by atoms with Crippen molar-refractivity contribution < 1.29 is 4.79 Å². The fraction of sp³-hybridized carbons (Fsp3) is 0.588. The average Bonchev–Trinajstić information content (AvgIpc) is 2.51. The number of likely N-dealkylation sites (N-methyl/N-ethyl adjacent to an activating group) is 1. The molecule has 1 aromatic carbocycles. The van der Waals surface area contributed by atoms with Gasteiger partial charge in [0.05, 0.1) is 6.04 Å². The summed E-state index contributed by atoms with van der Waals surface area (Å²) in [6.45, 7) is 3.91. The van der Waals surface area contributed by atoms with E-state index in [0.29, 0.717) is 11.7 Å². The molecule has 4 nitrogen and oxygen atoms in total. The van der Waals surface area contributed by atoms with E-state index in [2.05, 4.69) is 17.3 Å². The Morgan fingerprint density at radius 2 is 2.00 bits per heavy atom. The van der Waals surface area contributed by atoms with Crippen molar-refractivity contribution in [2.75, 3.05) is 18.1 Å². The molecular weight excluding hydrogens is 262 g/mol. The topological polar surface area (TPSA) is 58.4 Å². The van der Waals surface area contributed by atoms with Crippen LogP contribution < -0.4 is 11.1 Å². The third-order valence-electron chi connectivity index (χ3n) is 4.77. The normalized spacial score (nSPS) is 17.7. The van der Waals surface area contributed by atoms with Crippen molar-refractivity contribution in [3.05, 3.63) is 23.8 Å². The minimum absolute atomic E-state index is 0.0387. The fourth-order valence-corrected chi connectivity index (χ4v) is 3.02. The lowest BCUT2D eigenvalue weighted by Crippen LogP contribution is -2.46. The number of nitrogens with one attached hydrogen (secondary N) is 1. The second-order valence-electron chi connectivity index (χ2n) is 6.14. The predicted molar refractivity (Wildman–Crippen MR) is 88.3 cm³/mol. The number of hydrogen-bond acceptors (Lipinski definition) is 3. The lowest BCUT2D eigenvalue weighted by molar-refractivity contribution is -0.121. The molecule has 3 N–H and O–H groups in total. The highest BCUT2D eigenvalue weighted by molar-refractivity contribution is 5.95. The van der Waals surface area contributed by atoms with Crippen LogP contribution in [0.1, 0.15) is 44.6 Å². The van der Waals surface area contributed by atoms with E-state index in [4.69, 9.17) is 5.73 Å². The first-order chi connectivity index (χ1) is 10.0. The van der Waals surface area contributed by atoms with Gasteiger partial charge in [-0.05, 0) is 51.4 Å². The van der Waals surface area contributed by atoms with Crippen molar-refractivity contribution in [1.82, 2.24) is 4.90 Å². The van der Waals surface area contributed by atoms with E-state index in [1.165, 1.54) is 32.1 Å². The van der Waals surface area contributed by atoms with Crippen LogP contribution in [0.15, 0.2) is 18.2 Å². The van der Waals surface area contributed by atoms with Crippen molar-refractivity contribution in [2.45, 2.75) is 58.0 Å². The first-order valence-electron chi connectivity index (χ1n) is 7.88. The van der Waals surface area contributed by atoms with Gasteiger partial charge in [0.25, 0.3) is 0 Å². The zero-order valence-corrected chi connectivity index (χ0v) is 13.4. The second-order valence-corrected chi connectivity index (χ2v) is 6.14. The van der Waals surface area contributed by atoms with E-state index in [0.717, 1.165) is 11.3 Å². The van der Waals surface area contributed by atoms with Gasteiger partial charge in [-0.15, -0.1) is 0 Å². The molecule has 1 unspecified atom stereocenters. The number of amides is 1. The molecule has 0 spiro atoms. The average molecular weight is 289 g/mol. The van der Waals surface area contributed by atoms with Crippen LogP contribution in [0.3, 0.4) is 0 Å². The Bertz CT molecular complexity index is 495. The van der Waals surface area contributed by atoms with Gasteiger partial charge in [-0.2, -0.15) is 0 Å². The van der Waals surface area contributed by atoms with Gasteiger partial charge in [0.1, 0.15) is 0 Å². The van der Waals surface area contributed by atoms with Gasteiger partial charge in [-0.1, -0.05) is 25.3 Å². The summed E-state index contributed by atoms with van der Waals surface area (Å²) in [6, 6.07) is 6.02. The van der Waals surface area contributed by atoms with E-state index in [1.807, 2.05) is 32.0 Å². The third-order valence-corrected chi connectivity index (χ3v) is 4.77. The Labute approximate surface area is 127 Å². The number of hydrogen-bond donors (Lipinski definition) is 2. The number of carbonyl (C=O) groups excluding carboxylic acids is 1. The SMILES string of the molecule is Cc1c(N)cccc1NC(=O)C(C)N(C)C1CCCCC1. The van der Waals surface area contributed by atoms with Gasteiger partial charge in [0.15, 0.2) is 0 Å². The van der Waals surface area contributed by atoms with Crippen molar-refractivity contribution in [3.63, 3.8) is 0 Å². The monoisotopic (exact) mass is 289 g/mol. The quantitative estimate of drug-likeness (QED) is 0.837. The van der Waals surface area contributed by atoms with Crippen LogP contribution in [-0.4, -0.2) is 29.9 Å². The molecule has 1 amide bonds. The molecule has 4 heteroatoms. The van der Waals surface area contributed by atoms with E-state index in [-0.39, 0.29) is 11.9 Å². The smallest absolute Gasteiger partial charge is 0.241 e. The summed E-state index contributed by atoms with van der Waals surface area (Å²) < 4.78 is 0. The van der Waals surface area contributed by atoms with Gasteiger partial charge in [-0.3, -0.25) is 9.69 Å². The van der Waals surface area contributed by atoms with Crippen molar-refractivity contribution in [3.8, 4) is 0 Å². The largest absolute Gasteiger partial charge is 0.398 e. The van der Waals surface area contributed by atoms with Crippen LogP contribution >= 0.6 is 0 Å². The molecule has 1 fully saturated rings. The summed E-state index contributed by atoms with van der Waals surface area (Å²) in [5, 5.41) is 3.01. The van der Waals surface area contributed by atoms with Gasteiger partial charge < -0.3 is 11.1 Å². The highest BCUT2D eigenvalue weighted by atomic mass is 16.2. The van der Waals surface area contributed by atoms with Gasteiger partial charge >= 0.3 is 0 Å². The van der Waals surface area contributed by atoms with Crippen LogP contribution in [0.25, 0.3) is 0 Å². The van der Waals surface area contributed by atoms with E-state index in [1.54, 1.807) is 0 Å². The molecule has 1 atom stereocenters. The predicted octanol–water partition coefficient (Wildman–Crippen LogP) is 3.17. The summed E-state index contributed by atoms with van der Waals surface area (Å²) in [4.78, 5) is 14.7. The standard InChI is InChI=1S/C17H27N3O/c1-12-15(18)10-7-11-16(12)19-17(21)13(2)20(3)14-8-5-4-6-9-14/h7,10-11,13-14H,4-6,8-9,18H2,1-3H3,(H,19,21). The molecule has 0 aromatic heterocycles. The van der Waals surface area contributed by atoms with Crippen molar-refractivity contribution in [2.24, 2.45) is 0 Å². The van der Waals surface area contributed by atoms with E-state index in [9.17, 15) is 4.79 Å². The maximum absolute atomic E-state index is 12.5. The molecule has 1 aliphatic carbocycles. The first-order valence-corrected chi connectivity index (χ1v) is 7.88. The molecule has 116 valence electrons. The number of rotatable bonds is 4. The first kappa shape index (κ1) is 15.8. The Kier molecular flexibility index (Phi) is 5.23. The van der Waals surface area contributed by atoms with Gasteiger partial charge in [0.2, 0.25) is 5.91 Å². The number of nitrogens with two attached hydrogens (primary N) is 1. The van der Waals surface area contributed by atoms with Crippen LogP contribution in [0.5, 0.6) is 0 Å². The lowest BCUT2D eigenvalue weighted by atomic mass is 9.93. The summed E-state index contributed by atoms with van der Waals surface area (Å²) in [7, 11) is 2.06. The number of nitrogens with zero attached hydrogens (tertiary/aromatic N) is 1. The van der Waals surface area contributed by atoms with Crippen LogP contribution in [-0.2, 0) is 4.79 Å². The number of benzene rings is 1. The second kappa shape index (κ2) is 6.94. The molecular formula is C17H27N3O. The summed E-state index contributed by atoms with van der Waals surface area (Å²) in [5.41, 5.74) is 8.34. The maximum Gasteiger partial charge on any atom is 0.241 e. The summed E-state index contributed by atoms with van der Waals surface area (Å²) in [5.74, 6) is 0.0387. The maximum atomic E-state index is 12.5. The summed E-state index contributed by atoms with van der Waals surface area (Å²) in [6.07, 6.45) is 6.28. The van der Waals surface area contributed by atoms with Crippen molar-refractivity contribution >= 4 is 17.3 Å². The third kappa shape index (κ3) is 3.76. The van der Waals surface area contributed by atoms with E-state index < -0.39 is 0 Å². The van der Waals surface area contributed by atoms with Gasteiger partial charge in [-0.25, -0.2) is 0 Å². The Morgan fingerprint density at radius 1 is 1.33 bits per heavy atom. The van der Waals surface area contributed by atoms with E-state index >= 15 is 0 Å². The molecule has 0 bridgehead atoms. The minimum atomic E-state index is -0.131. The Balaban J connectivity index is 2.00. The highest BCUT2D eigenvalue weighted by Gasteiger charge is 2.26. The Hall–Kier alpha value is -1.55. The molecule has 2 rings (SSSR count). The lowest BCUT2D eigenvalue weighted by Gasteiger charge is -2.34. The van der Waals surface area contributed by atoms with Crippen molar-refractivity contribution in [1.29, 1.82) is 0 Å². The van der Waals surface area contributed by atoms with Crippen LogP contribution in [0.4, 0.5) is 11.4 Å². The molecule has 1 aliphatic rings. The van der Waals surface area contributed by atoms with Gasteiger partial charge in [0, 0.05) is 17.4 Å². The number of anilines is 2. The zero-order chi connectivity index (χ0) is 15.4. The Morgan fingerprint density at radius 3 is 2.67 bits per heavy atom. The summed E-state index contributed by atoms with van der Waals surface area (Å²) >= 11 is 0. The van der Waals surface area contributed by atoms with Crippen LogP contribution in [0.2, 0.25) is 0 Å². The molecule has 1 aromatic rings. The molecule has 21 heavy (non-hydrogen) atoms. The molecule has 0 saturated heterocycles. The minimum Gasteiger partial charge on any atom is -0.398 e. The molecule has 0 aliphatic heterocycles. The molecule has 0 radical (unpaired) electrons. The van der Waals surface area contributed by atoms with Crippen LogP contribution in [0, 0.1) is 6.92 Å². The number of nitrogen functional groups attached to an aromatic ring is 1. The fourth-order valence-electron chi connectivity index (χ4n) is 3.02.